The Morgan fingerprint density at radius 1 is 1.26 bits per heavy atom. The molecule has 2 heterocycles. The molecule has 1 aromatic heterocycles. The second kappa shape index (κ2) is 7.98. The molecule has 142 valence electrons. The van der Waals surface area contributed by atoms with Gasteiger partial charge in [0.15, 0.2) is 0 Å². The van der Waals surface area contributed by atoms with Gasteiger partial charge >= 0.3 is 6.03 Å². The second-order valence-corrected chi connectivity index (χ2v) is 6.70. The van der Waals surface area contributed by atoms with Crippen LogP contribution in [0.15, 0.2) is 30.3 Å². The molecule has 1 atom stereocenters. The predicted molar refractivity (Wildman–Crippen MR) is 97.6 cm³/mol. The Bertz CT molecular complexity index is 833. The molecule has 0 spiro atoms. The molecule has 4 amide bonds. The Morgan fingerprint density at radius 2 is 2.00 bits per heavy atom. The number of rotatable bonds is 7. The lowest BCUT2D eigenvalue weighted by atomic mass is 10.1. The molecule has 0 bridgehead atoms. The molecular formula is C18H22N6O3. The highest BCUT2D eigenvalue weighted by Gasteiger charge is 2.37. The molecule has 1 aromatic carbocycles. The molecule has 27 heavy (non-hydrogen) atoms. The second-order valence-electron chi connectivity index (χ2n) is 6.70. The van der Waals surface area contributed by atoms with Crippen LogP contribution in [0.1, 0.15) is 44.0 Å². The van der Waals surface area contributed by atoms with Crippen molar-refractivity contribution < 1.29 is 14.4 Å². The number of urea groups is 1. The van der Waals surface area contributed by atoms with Crippen molar-refractivity contribution in [2.75, 3.05) is 5.32 Å². The maximum atomic E-state index is 12.5. The first-order valence-corrected chi connectivity index (χ1v) is 8.82. The Hall–Kier alpha value is -3.23. The molecule has 0 saturated carbocycles. The summed E-state index contributed by atoms with van der Waals surface area (Å²) in [7, 11) is 0. The number of nitrogens with zero attached hydrogens (tertiary/aromatic N) is 3. The average Bonchev–Trinajstić information content (AvgIpc) is 3.21. The zero-order chi connectivity index (χ0) is 19.4. The molecule has 0 unspecified atom stereocenters. The lowest BCUT2D eigenvalue weighted by molar-refractivity contribution is -0.128. The van der Waals surface area contributed by atoms with Gasteiger partial charge in [0.2, 0.25) is 11.9 Å². The van der Waals surface area contributed by atoms with Crippen LogP contribution >= 0.6 is 0 Å². The van der Waals surface area contributed by atoms with Crippen LogP contribution in [0.3, 0.4) is 0 Å². The number of H-pyrrole nitrogens is 1. The highest BCUT2D eigenvalue weighted by molar-refractivity contribution is 6.04. The zero-order valence-corrected chi connectivity index (χ0v) is 15.2. The fourth-order valence-electron chi connectivity index (χ4n) is 2.74. The topological polar surface area (TPSA) is 120 Å². The highest BCUT2D eigenvalue weighted by Crippen LogP contribution is 2.16. The number of nitrogens with one attached hydrogen (secondary N) is 3. The van der Waals surface area contributed by atoms with Gasteiger partial charge in [-0.1, -0.05) is 44.2 Å². The van der Waals surface area contributed by atoms with E-state index >= 15 is 0 Å². The van der Waals surface area contributed by atoms with Crippen molar-refractivity contribution in [3.8, 4) is 0 Å². The molecular weight excluding hydrogens is 348 g/mol. The van der Waals surface area contributed by atoms with E-state index in [1.54, 1.807) is 0 Å². The third kappa shape index (κ3) is 4.49. The number of hydrogen-bond acceptors (Lipinski definition) is 5. The Labute approximate surface area is 156 Å². The first-order valence-electron chi connectivity index (χ1n) is 8.82. The fourth-order valence-corrected chi connectivity index (χ4v) is 2.74. The Balaban J connectivity index is 1.51. The lowest BCUT2D eigenvalue weighted by Gasteiger charge is -2.12. The minimum atomic E-state index is -0.703. The van der Waals surface area contributed by atoms with E-state index in [2.05, 4.69) is 25.8 Å². The molecule has 1 fully saturated rings. The van der Waals surface area contributed by atoms with Crippen molar-refractivity contribution >= 4 is 23.8 Å². The number of imide groups is 1. The van der Waals surface area contributed by atoms with Gasteiger partial charge < -0.3 is 5.32 Å². The minimum Gasteiger partial charge on any atom is -0.326 e. The van der Waals surface area contributed by atoms with Crippen LogP contribution in [-0.4, -0.2) is 44.0 Å². The van der Waals surface area contributed by atoms with Crippen LogP contribution in [0, 0.1) is 0 Å². The largest absolute Gasteiger partial charge is 0.326 e. The van der Waals surface area contributed by atoms with E-state index in [9.17, 15) is 14.4 Å². The van der Waals surface area contributed by atoms with Crippen LogP contribution in [0.25, 0.3) is 0 Å². The number of hydrogen-bond donors (Lipinski definition) is 3. The summed E-state index contributed by atoms with van der Waals surface area (Å²) < 4.78 is 0. The van der Waals surface area contributed by atoms with Crippen LogP contribution < -0.4 is 10.6 Å². The number of benzene rings is 1. The van der Waals surface area contributed by atoms with Crippen molar-refractivity contribution in [1.82, 2.24) is 25.4 Å². The summed E-state index contributed by atoms with van der Waals surface area (Å²) in [6.07, 6.45) is 0.282. The molecule has 9 nitrogen and oxygen atoms in total. The molecule has 2 aromatic rings. The summed E-state index contributed by atoms with van der Waals surface area (Å²) in [6, 6.07) is 8.13. The third-order valence-electron chi connectivity index (χ3n) is 4.25. The fraction of sp³-hybridized carbons (Fsp3) is 0.389. The first-order chi connectivity index (χ1) is 12.9. The van der Waals surface area contributed by atoms with Crippen molar-refractivity contribution in [3.63, 3.8) is 0 Å². The number of aromatic nitrogens is 3. The van der Waals surface area contributed by atoms with E-state index in [0.717, 1.165) is 5.56 Å². The SMILES string of the molecule is CC(C)c1nc(NC(=O)CC[C@H]2NC(=O)N(Cc3ccccc3)C2=O)n[nH]1. The number of aromatic amines is 1. The van der Waals surface area contributed by atoms with Crippen LogP contribution in [0.2, 0.25) is 0 Å². The highest BCUT2D eigenvalue weighted by atomic mass is 16.2. The van der Waals surface area contributed by atoms with E-state index in [1.165, 1.54) is 4.90 Å². The van der Waals surface area contributed by atoms with Gasteiger partial charge in [0.1, 0.15) is 11.9 Å². The molecule has 9 heteroatoms. The Morgan fingerprint density at radius 3 is 2.67 bits per heavy atom. The van der Waals surface area contributed by atoms with Gasteiger partial charge in [-0.25, -0.2) is 4.79 Å². The Kier molecular flexibility index (Phi) is 5.49. The van der Waals surface area contributed by atoms with Gasteiger partial charge in [-0.3, -0.25) is 24.9 Å². The number of carbonyl (C=O) groups is 3. The number of amides is 4. The van der Waals surface area contributed by atoms with E-state index in [-0.39, 0.29) is 43.1 Å². The zero-order valence-electron chi connectivity index (χ0n) is 15.2. The summed E-state index contributed by atoms with van der Waals surface area (Å²) >= 11 is 0. The predicted octanol–water partition coefficient (Wildman–Crippen LogP) is 1.77. The molecule has 0 aliphatic carbocycles. The van der Waals surface area contributed by atoms with E-state index in [4.69, 9.17) is 0 Å². The van der Waals surface area contributed by atoms with Crippen molar-refractivity contribution in [2.45, 2.75) is 45.2 Å². The standard InChI is InChI=1S/C18H22N6O3/c1-11(2)15-21-17(23-22-15)20-14(25)9-8-13-16(26)24(18(27)19-13)10-12-6-4-3-5-7-12/h3-7,11,13H,8-10H2,1-2H3,(H,19,27)(H2,20,21,22,23,25)/t13-/m1/s1. The smallest absolute Gasteiger partial charge is 0.325 e. The molecule has 0 radical (unpaired) electrons. The minimum absolute atomic E-state index is 0.0708. The van der Waals surface area contributed by atoms with Crippen LogP contribution in [0.5, 0.6) is 0 Å². The summed E-state index contributed by atoms with van der Waals surface area (Å²) in [5.41, 5.74) is 0.866. The van der Waals surface area contributed by atoms with Crippen molar-refractivity contribution in [2.24, 2.45) is 0 Å². The van der Waals surface area contributed by atoms with Gasteiger partial charge in [-0.05, 0) is 12.0 Å². The molecule has 3 N–H and O–H groups in total. The van der Waals surface area contributed by atoms with Gasteiger partial charge in [-0.2, -0.15) is 4.98 Å². The molecule has 1 saturated heterocycles. The van der Waals surface area contributed by atoms with Crippen molar-refractivity contribution in [1.29, 1.82) is 0 Å². The summed E-state index contributed by atoms with van der Waals surface area (Å²) in [5, 5.41) is 11.9. The van der Waals surface area contributed by atoms with Gasteiger partial charge in [0.05, 0.1) is 6.54 Å². The maximum absolute atomic E-state index is 12.5. The monoisotopic (exact) mass is 370 g/mol. The van der Waals surface area contributed by atoms with Gasteiger partial charge in [-0.15, -0.1) is 5.10 Å². The van der Waals surface area contributed by atoms with Crippen LogP contribution in [0.4, 0.5) is 10.7 Å². The van der Waals surface area contributed by atoms with Gasteiger partial charge in [0, 0.05) is 12.3 Å². The number of carbonyl (C=O) groups excluding carboxylic acids is 3. The quantitative estimate of drug-likeness (QED) is 0.642. The summed E-state index contributed by atoms with van der Waals surface area (Å²) in [4.78, 5) is 41.9. The van der Waals surface area contributed by atoms with Crippen molar-refractivity contribution in [3.05, 3.63) is 41.7 Å². The first kappa shape index (κ1) is 18.6. The number of anilines is 1. The normalized spacial score (nSPS) is 16.7. The van der Waals surface area contributed by atoms with Gasteiger partial charge in [0.25, 0.3) is 5.91 Å². The third-order valence-corrected chi connectivity index (χ3v) is 4.25. The molecule has 1 aliphatic heterocycles. The van der Waals surface area contributed by atoms with E-state index in [1.807, 2.05) is 44.2 Å². The molecule has 3 rings (SSSR count). The van der Waals surface area contributed by atoms with E-state index < -0.39 is 12.1 Å². The maximum Gasteiger partial charge on any atom is 0.325 e. The summed E-state index contributed by atoms with van der Waals surface area (Å²) in [6.45, 7) is 4.13. The van der Waals surface area contributed by atoms with Crippen LogP contribution in [-0.2, 0) is 16.1 Å². The lowest BCUT2D eigenvalue weighted by Crippen LogP contribution is -2.31. The summed E-state index contributed by atoms with van der Waals surface area (Å²) in [5.74, 6) is 0.422. The molecule has 1 aliphatic rings. The van der Waals surface area contributed by atoms with E-state index in [0.29, 0.717) is 5.82 Å². The average molecular weight is 370 g/mol.